The molecule has 1 amide bonds. The van der Waals surface area contributed by atoms with Crippen molar-refractivity contribution >= 4 is 22.9 Å². The Hall–Kier alpha value is -4.26. The summed E-state index contributed by atoms with van der Waals surface area (Å²) in [7, 11) is 0. The van der Waals surface area contributed by atoms with Gasteiger partial charge >= 0.3 is 5.97 Å². The van der Waals surface area contributed by atoms with Crippen LogP contribution in [-0.2, 0) is 4.79 Å². The number of carboxylic acids is 1. The molecule has 0 radical (unpaired) electrons. The lowest BCUT2D eigenvalue weighted by Crippen LogP contribution is -2.31. The molecule has 2 saturated carbocycles. The van der Waals surface area contributed by atoms with E-state index in [4.69, 9.17) is 0 Å². The highest BCUT2D eigenvalue weighted by atomic mass is 16.4. The first-order valence-electron chi connectivity index (χ1n) is 12.2. The van der Waals surface area contributed by atoms with Crippen LogP contribution in [0.1, 0.15) is 41.1 Å². The molecule has 2 aliphatic rings. The molecule has 1 unspecified atom stereocenters. The van der Waals surface area contributed by atoms with Crippen molar-refractivity contribution in [1.82, 2.24) is 14.9 Å². The van der Waals surface area contributed by atoms with Crippen LogP contribution in [-0.4, -0.2) is 33.1 Å². The molecule has 2 aromatic carbocycles. The van der Waals surface area contributed by atoms with E-state index < -0.39 is 5.97 Å². The number of nitrogens with zero attached hydrogens (tertiary/aromatic N) is 2. The zero-order valence-corrected chi connectivity index (χ0v) is 19.6. The third-order valence-electron chi connectivity index (χ3n) is 7.16. The quantitative estimate of drug-likeness (QED) is 0.410. The maximum absolute atomic E-state index is 13.1. The molecule has 0 bridgehead atoms. The van der Waals surface area contributed by atoms with Crippen LogP contribution < -0.4 is 10.7 Å². The molecule has 4 aromatic rings. The predicted octanol–water partition coefficient (Wildman–Crippen LogP) is 4.38. The zero-order chi connectivity index (χ0) is 24.8. The molecule has 6 rings (SSSR count). The van der Waals surface area contributed by atoms with Crippen molar-refractivity contribution in [3.8, 4) is 16.8 Å². The fraction of sp³-hybridized carbons (Fsp3) is 0.241. The zero-order valence-electron chi connectivity index (χ0n) is 19.6. The van der Waals surface area contributed by atoms with Gasteiger partial charge in [-0.15, -0.1) is 0 Å². The molecule has 180 valence electrons. The van der Waals surface area contributed by atoms with E-state index in [0.717, 1.165) is 35.2 Å². The molecule has 7 nitrogen and oxygen atoms in total. The Balaban J connectivity index is 1.36. The lowest BCUT2D eigenvalue weighted by molar-refractivity contribution is -0.138. The number of carbonyl (C=O) groups is 2. The van der Waals surface area contributed by atoms with Gasteiger partial charge in [0.25, 0.3) is 5.91 Å². The van der Waals surface area contributed by atoms with Crippen LogP contribution in [0.25, 0.3) is 27.8 Å². The highest BCUT2D eigenvalue weighted by molar-refractivity contribution is 5.97. The van der Waals surface area contributed by atoms with E-state index in [1.54, 1.807) is 29.1 Å². The van der Waals surface area contributed by atoms with Gasteiger partial charge in [0.05, 0.1) is 11.3 Å². The van der Waals surface area contributed by atoms with E-state index in [1.807, 2.05) is 48.5 Å². The van der Waals surface area contributed by atoms with Gasteiger partial charge in [0, 0.05) is 24.6 Å². The fourth-order valence-electron chi connectivity index (χ4n) is 4.77. The molecule has 2 aromatic heterocycles. The molecule has 0 aliphatic heterocycles. The van der Waals surface area contributed by atoms with Gasteiger partial charge in [-0.25, -0.2) is 4.98 Å². The van der Waals surface area contributed by atoms with Crippen molar-refractivity contribution in [1.29, 1.82) is 0 Å². The number of amides is 1. The Morgan fingerprint density at radius 3 is 2.56 bits per heavy atom. The standard InChI is InChI=1S/C29H25N3O4/c33-26-22-5-2-12-30-27(22)32(16-25(26)28(34)31-15-17-6-7-17)21-4-1-3-20(13-21)18-8-10-19(11-9-18)23-14-24(23)29(35)36/h1-5,8-13,16-17,23-24H,6-7,14-15H2,(H,31,34)(H,35,36)/t23?,24-/m1/s1. The number of fused-ring (bicyclic) bond motifs is 1. The molecular weight excluding hydrogens is 454 g/mol. The molecule has 2 N–H and O–H groups in total. The van der Waals surface area contributed by atoms with Crippen molar-refractivity contribution in [3.05, 3.63) is 94.4 Å². The summed E-state index contributed by atoms with van der Waals surface area (Å²) in [6.45, 7) is 0.586. The van der Waals surface area contributed by atoms with Gasteiger partial charge in [0.2, 0.25) is 5.43 Å². The van der Waals surface area contributed by atoms with Crippen molar-refractivity contribution < 1.29 is 14.7 Å². The Bertz CT molecular complexity index is 1550. The molecule has 7 heteroatoms. The lowest BCUT2D eigenvalue weighted by atomic mass is 10.0. The van der Waals surface area contributed by atoms with E-state index in [9.17, 15) is 19.5 Å². The summed E-state index contributed by atoms with van der Waals surface area (Å²) in [5.74, 6) is -0.782. The number of aliphatic carboxylic acids is 1. The smallest absolute Gasteiger partial charge is 0.307 e. The molecule has 2 heterocycles. The second-order valence-corrected chi connectivity index (χ2v) is 9.73. The van der Waals surface area contributed by atoms with Crippen molar-refractivity contribution in [3.63, 3.8) is 0 Å². The van der Waals surface area contributed by atoms with Crippen LogP contribution in [0.2, 0.25) is 0 Å². The third kappa shape index (κ3) is 4.17. The number of aromatic nitrogens is 2. The molecule has 0 spiro atoms. The average Bonchev–Trinajstić information content (AvgIpc) is 3.82. The highest BCUT2D eigenvalue weighted by Crippen LogP contribution is 2.47. The summed E-state index contributed by atoms with van der Waals surface area (Å²) >= 11 is 0. The van der Waals surface area contributed by atoms with E-state index in [0.29, 0.717) is 29.9 Å². The van der Waals surface area contributed by atoms with E-state index >= 15 is 0 Å². The number of rotatable bonds is 7. The largest absolute Gasteiger partial charge is 0.481 e. The van der Waals surface area contributed by atoms with Crippen molar-refractivity contribution in [2.24, 2.45) is 11.8 Å². The summed E-state index contributed by atoms with van der Waals surface area (Å²) in [5.41, 5.74) is 4.05. The number of carbonyl (C=O) groups excluding carboxylic acids is 1. The van der Waals surface area contributed by atoms with Gasteiger partial charge in [-0.2, -0.15) is 0 Å². The molecule has 0 saturated heterocycles. The van der Waals surface area contributed by atoms with Crippen molar-refractivity contribution in [2.45, 2.75) is 25.2 Å². The summed E-state index contributed by atoms with van der Waals surface area (Å²) < 4.78 is 1.79. The van der Waals surface area contributed by atoms with E-state index in [2.05, 4.69) is 10.3 Å². The molecular formula is C29H25N3O4. The highest BCUT2D eigenvalue weighted by Gasteiger charge is 2.44. The number of nitrogens with one attached hydrogen (secondary N) is 1. The second-order valence-electron chi connectivity index (χ2n) is 9.73. The van der Waals surface area contributed by atoms with E-state index in [-0.39, 0.29) is 28.7 Å². The maximum atomic E-state index is 13.1. The summed E-state index contributed by atoms with van der Waals surface area (Å²) in [6, 6.07) is 19.2. The van der Waals surface area contributed by atoms with Crippen LogP contribution in [0.4, 0.5) is 0 Å². The summed E-state index contributed by atoms with van der Waals surface area (Å²) in [4.78, 5) is 41.6. The minimum Gasteiger partial charge on any atom is -0.481 e. The Morgan fingerprint density at radius 1 is 1.03 bits per heavy atom. The molecule has 2 atom stereocenters. The van der Waals surface area contributed by atoms with Gasteiger partial charge in [0.15, 0.2) is 0 Å². The van der Waals surface area contributed by atoms with E-state index in [1.165, 1.54) is 0 Å². The van der Waals surface area contributed by atoms with Gasteiger partial charge in [0.1, 0.15) is 11.2 Å². The minimum atomic E-state index is -0.737. The minimum absolute atomic E-state index is 0.0889. The van der Waals surface area contributed by atoms with Gasteiger partial charge in [-0.3, -0.25) is 14.4 Å². The average molecular weight is 480 g/mol. The van der Waals surface area contributed by atoms with Crippen LogP contribution in [0.15, 0.2) is 77.9 Å². The molecule has 36 heavy (non-hydrogen) atoms. The first-order valence-corrected chi connectivity index (χ1v) is 12.2. The van der Waals surface area contributed by atoms with Gasteiger partial charge < -0.3 is 15.0 Å². The first kappa shape index (κ1) is 22.2. The number of hydrogen-bond donors (Lipinski definition) is 2. The van der Waals surface area contributed by atoms with Crippen LogP contribution in [0.3, 0.4) is 0 Å². The number of hydrogen-bond acceptors (Lipinski definition) is 4. The third-order valence-corrected chi connectivity index (χ3v) is 7.16. The number of benzene rings is 2. The molecule has 2 fully saturated rings. The summed E-state index contributed by atoms with van der Waals surface area (Å²) in [5, 5.41) is 12.5. The molecule has 2 aliphatic carbocycles. The Labute approximate surface area is 207 Å². The van der Waals surface area contributed by atoms with Crippen molar-refractivity contribution in [2.75, 3.05) is 6.54 Å². The fourth-order valence-corrected chi connectivity index (χ4v) is 4.77. The Kier molecular flexibility index (Phi) is 5.40. The number of carboxylic acid groups (broad SMARTS) is 1. The topological polar surface area (TPSA) is 101 Å². The SMILES string of the molecule is O=C(NCC1CC1)c1cn(-c2cccc(-c3ccc(C4C[C@H]4C(=O)O)cc3)c2)c2ncccc2c1=O. The second kappa shape index (κ2) is 8.75. The number of pyridine rings is 2. The van der Waals surface area contributed by atoms with Crippen LogP contribution in [0, 0.1) is 11.8 Å². The van der Waals surface area contributed by atoms with Crippen LogP contribution >= 0.6 is 0 Å². The Morgan fingerprint density at radius 2 is 1.83 bits per heavy atom. The van der Waals surface area contributed by atoms with Gasteiger partial charge in [-0.1, -0.05) is 36.4 Å². The van der Waals surface area contributed by atoms with Crippen LogP contribution in [0.5, 0.6) is 0 Å². The lowest BCUT2D eigenvalue weighted by Gasteiger charge is -2.14. The predicted molar refractivity (Wildman–Crippen MR) is 136 cm³/mol. The normalized spacial score (nSPS) is 18.7. The summed E-state index contributed by atoms with van der Waals surface area (Å²) in [6.07, 6.45) is 6.13. The monoisotopic (exact) mass is 479 g/mol. The van der Waals surface area contributed by atoms with Gasteiger partial charge in [-0.05, 0) is 72.1 Å². The first-order chi connectivity index (χ1) is 17.5. The maximum Gasteiger partial charge on any atom is 0.307 e.